The summed E-state index contributed by atoms with van der Waals surface area (Å²) < 4.78 is 23.7. The van der Waals surface area contributed by atoms with Gasteiger partial charge < -0.3 is 5.73 Å². The summed E-state index contributed by atoms with van der Waals surface area (Å²) in [5.74, 6) is 0.456. The Kier molecular flexibility index (Phi) is 4.35. The second-order valence-electron chi connectivity index (χ2n) is 5.57. The fourth-order valence-corrected chi connectivity index (χ4v) is 5.66. The summed E-state index contributed by atoms with van der Waals surface area (Å²) >= 11 is 1.70. The Hall–Kier alpha value is -0.430. The van der Waals surface area contributed by atoms with Crippen LogP contribution in [0.2, 0.25) is 0 Å². The minimum atomic E-state index is -2.94. The van der Waals surface area contributed by atoms with E-state index in [1.54, 1.807) is 11.3 Å². The molecule has 1 aromatic heterocycles. The molecule has 0 spiro atoms. The van der Waals surface area contributed by atoms with E-state index in [1.807, 2.05) is 11.4 Å². The van der Waals surface area contributed by atoms with Crippen LogP contribution in [0.15, 0.2) is 17.5 Å². The van der Waals surface area contributed by atoms with Crippen molar-refractivity contribution in [2.45, 2.75) is 38.4 Å². The molecule has 2 N–H and O–H groups in total. The van der Waals surface area contributed by atoms with Crippen LogP contribution in [0.3, 0.4) is 0 Å². The lowest BCUT2D eigenvalue weighted by Crippen LogP contribution is -2.57. The third-order valence-corrected chi connectivity index (χ3v) is 6.55. The molecule has 1 aliphatic heterocycles. The monoisotopic (exact) mass is 302 g/mol. The number of rotatable bonds is 5. The first-order chi connectivity index (χ1) is 8.88. The molecule has 0 aromatic carbocycles. The molecule has 1 aromatic rings. The molecule has 0 radical (unpaired) electrons. The van der Waals surface area contributed by atoms with Gasteiger partial charge in [0.25, 0.3) is 0 Å². The van der Waals surface area contributed by atoms with E-state index in [1.165, 1.54) is 4.88 Å². The van der Waals surface area contributed by atoms with Crippen molar-refractivity contribution in [1.29, 1.82) is 0 Å². The van der Waals surface area contributed by atoms with Gasteiger partial charge in [0.2, 0.25) is 0 Å². The summed E-state index contributed by atoms with van der Waals surface area (Å²) in [4.78, 5) is 3.52. The van der Waals surface area contributed by atoms with Gasteiger partial charge in [-0.1, -0.05) is 6.07 Å². The van der Waals surface area contributed by atoms with Crippen molar-refractivity contribution in [3.8, 4) is 0 Å². The zero-order valence-corrected chi connectivity index (χ0v) is 13.1. The summed E-state index contributed by atoms with van der Waals surface area (Å²) in [6, 6.07) is 4.39. The maximum Gasteiger partial charge on any atom is 0.152 e. The maximum absolute atomic E-state index is 11.9. The van der Waals surface area contributed by atoms with E-state index in [4.69, 9.17) is 5.73 Å². The van der Waals surface area contributed by atoms with Crippen molar-refractivity contribution in [3.05, 3.63) is 22.4 Å². The van der Waals surface area contributed by atoms with Crippen molar-refractivity contribution in [2.75, 3.05) is 18.1 Å². The SMILES string of the molecule is CC(C)N(Cc1cccs1)C1(CN)CCS(=O)(=O)C1. The van der Waals surface area contributed by atoms with Crippen molar-refractivity contribution in [2.24, 2.45) is 5.73 Å². The highest BCUT2D eigenvalue weighted by atomic mass is 32.2. The van der Waals surface area contributed by atoms with Gasteiger partial charge in [0.05, 0.1) is 11.5 Å². The molecule has 1 atom stereocenters. The molecule has 108 valence electrons. The molecular weight excluding hydrogens is 280 g/mol. The zero-order chi connectivity index (χ0) is 14.1. The van der Waals surface area contributed by atoms with Crippen molar-refractivity contribution in [3.63, 3.8) is 0 Å². The Bertz CT molecular complexity index is 511. The molecule has 1 aliphatic rings. The fourth-order valence-electron chi connectivity index (χ4n) is 2.87. The predicted molar refractivity (Wildman–Crippen MR) is 80.1 cm³/mol. The van der Waals surface area contributed by atoms with E-state index in [0.29, 0.717) is 13.0 Å². The van der Waals surface area contributed by atoms with E-state index in [0.717, 1.165) is 6.54 Å². The largest absolute Gasteiger partial charge is 0.329 e. The minimum Gasteiger partial charge on any atom is -0.329 e. The summed E-state index contributed by atoms with van der Waals surface area (Å²) in [6.07, 6.45) is 0.648. The zero-order valence-electron chi connectivity index (χ0n) is 11.5. The van der Waals surface area contributed by atoms with Gasteiger partial charge >= 0.3 is 0 Å². The Balaban J connectivity index is 2.27. The molecule has 0 saturated carbocycles. The Morgan fingerprint density at radius 3 is 2.68 bits per heavy atom. The highest BCUT2D eigenvalue weighted by Gasteiger charge is 2.46. The molecule has 1 fully saturated rings. The number of hydrogen-bond donors (Lipinski definition) is 1. The molecule has 1 saturated heterocycles. The standard InChI is InChI=1S/C13H22N2O2S2/c1-11(2)15(8-12-4-3-6-18-12)13(9-14)5-7-19(16,17)10-13/h3-4,6,11H,5,7-10,14H2,1-2H3. The van der Waals surface area contributed by atoms with Crippen molar-refractivity contribution >= 4 is 21.2 Å². The molecule has 2 heterocycles. The van der Waals surface area contributed by atoms with Crippen LogP contribution in [0.25, 0.3) is 0 Å². The first-order valence-electron chi connectivity index (χ1n) is 6.58. The van der Waals surface area contributed by atoms with Gasteiger partial charge in [-0.2, -0.15) is 0 Å². The Morgan fingerprint density at radius 1 is 1.53 bits per heavy atom. The number of nitrogens with two attached hydrogens (primary N) is 1. The fraction of sp³-hybridized carbons (Fsp3) is 0.692. The first kappa shape index (κ1) is 15.0. The summed E-state index contributed by atoms with van der Waals surface area (Å²) in [6.45, 7) is 5.39. The van der Waals surface area contributed by atoms with E-state index < -0.39 is 15.4 Å². The van der Waals surface area contributed by atoms with Crippen molar-refractivity contribution < 1.29 is 8.42 Å². The quantitative estimate of drug-likeness (QED) is 0.895. The first-order valence-corrected chi connectivity index (χ1v) is 9.28. The number of thiophene rings is 1. The molecular formula is C13H22N2O2S2. The van der Waals surface area contributed by atoms with Crippen LogP contribution < -0.4 is 5.73 Å². The number of nitrogens with zero attached hydrogens (tertiary/aromatic N) is 1. The predicted octanol–water partition coefficient (Wildman–Crippen LogP) is 1.47. The molecule has 1 unspecified atom stereocenters. The van der Waals surface area contributed by atoms with Crippen LogP contribution in [-0.4, -0.2) is 42.9 Å². The van der Waals surface area contributed by atoms with E-state index in [2.05, 4.69) is 24.8 Å². The molecule has 4 nitrogen and oxygen atoms in total. The highest BCUT2D eigenvalue weighted by Crippen LogP contribution is 2.32. The molecule has 2 rings (SSSR count). The Morgan fingerprint density at radius 2 is 2.26 bits per heavy atom. The van der Waals surface area contributed by atoms with Crippen LogP contribution in [-0.2, 0) is 16.4 Å². The summed E-state index contributed by atoms with van der Waals surface area (Å²) in [7, 11) is -2.94. The molecule has 19 heavy (non-hydrogen) atoms. The average Bonchev–Trinajstić information content (AvgIpc) is 2.93. The lowest BCUT2D eigenvalue weighted by Gasteiger charge is -2.42. The van der Waals surface area contributed by atoms with Crippen molar-refractivity contribution in [1.82, 2.24) is 4.90 Å². The molecule has 6 heteroatoms. The van der Waals surface area contributed by atoms with E-state index >= 15 is 0 Å². The van der Waals surface area contributed by atoms with Gasteiger partial charge in [-0.15, -0.1) is 11.3 Å². The van der Waals surface area contributed by atoms with Crippen LogP contribution in [0.1, 0.15) is 25.1 Å². The van der Waals surface area contributed by atoms with Gasteiger partial charge in [0.1, 0.15) is 0 Å². The Labute approximate surface area is 119 Å². The lowest BCUT2D eigenvalue weighted by molar-refractivity contribution is 0.0737. The van der Waals surface area contributed by atoms with Gasteiger partial charge in [-0.05, 0) is 31.7 Å². The van der Waals surface area contributed by atoms with E-state index in [-0.39, 0.29) is 17.5 Å². The number of sulfone groups is 1. The van der Waals surface area contributed by atoms with Crippen LogP contribution >= 0.6 is 11.3 Å². The van der Waals surface area contributed by atoms with Gasteiger partial charge in [0, 0.05) is 29.5 Å². The van der Waals surface area contributed by atoms with Gasteiger partial charge in [-0.3, -0.25) is 4.90 Å². The smallest absolute Gasteiger partial charge is 0.152 e. The summed E-state index contributed by atoms with van der Waals surface area (Å²) in [5.41, 5.74) is 5.56. The van der Waals surface area contributed by atoms with Crippen LogP contribution in [0.5, 0.6) is 0 Å². The summed E-state index contributed by atoms with van der Waals surface area (Å²) in [5, 5.41) is 2.05. The minimum absolute atomic E-state index is 0.194. The van der Waals surface area contributed by atoms with Gasteiger partial charge in [0.15, 0.2) is 9.84 Å². The normalized spacial score (nSPS) is 26.4. The molecule has 0 bridgehead atoms. The topological polar surface area (TPSA) is 63.4 Å². The van der Waals surface area contributed by atoms with Gasteiger partial charge in [-0.25, -0.2) is 8.42 Å². The van der Waals surface area contributed by atoms with Crippen LogP contribution in [0, 0.1) is 0 Å². The third kappa shape index (κ3) is 3.18. The maximum atomic E-state index is 11.9. The lowest BCUT2D eigenvalue weighted by atomic mass is 9.94. The average molecular weight is 302 g/mol. The molecule has 0 amide bonds. The van der Waals surface area contributed by atoms with Crippen LogP contribution in [0.4, 0.5) is 0 Å². The highest BCUT2D eigenvalue weighted by molar-refractivity contribution is 7.91. The number of hydrogen-bond acceptors (Lipinski definition) is 5. The second-order valence-corrected chi connectivity index (χ2v) is 8.79. The third-order valence-electron chi connectivity index (χ3n) is 3.89. The second kappa shape index (κ2) is 5.52. The van der Waals surface area contributed by atoms with E-state index in [9.17, 15) is 8.42 Å². The molecule has 0 aliphatic carbocycles.